The lowest BCUT2D eigenvalue weighted by Gasteiger charge is -2.18. The van der Waals surface area contributed by atoms with Crippen molar-refractivity contribution in [2.24, 2.45) is 0 Å². The number of hydrogen-bond acceptors (Lipinski definition) is 6. The molecule has 2 rings (SSSR count). The van der Waals surface area contributed by atoms with Crippen LogP contribution >= 0.6 is 0 Å². The van der Waals surface area contributed by atoms with E-state index in [4.69, 9.17) is 14.2 Å². The van der Waals surface area contributed by atoms with Crippen LogP contribution in [0.5, 0.6) is 11.5 Å². The van der Waals surface area contributed by atoms with Gasteiger partial charge in [0.25, 0.3) is 5.91 Å². The summed E-state index contributed by atoms with van der Waals surface area (Å²) < 4.78 is 15.7. The van der Waals surface area contributed by atoms with E-state index in [2.05, 4.69) is 10.6 Å². The lowest BCUT2D eigenvalue weighted by molar-refractivity contribution is -0.143. The van der Waals surface area contributed by atoms with Crippen molar-refractivity contribution < 1.29 is 28.6 Å². The zero-order valence-electron chi connectivity index (χ0n) is 14.6. The van der Waals surface area contributed by atoms with Crippen LogP contribution in [0.4, 0.5) is 4.79 Å². The number of imide groups is 1. The lowest BCUT2D eigenvalue weighted by atomic mass is 10.2. The maximum atomic E-state index is 11.7. The van der Waals surface area contributed by atoms with Crippen molar-refractivity contribution >= 4 is 24.0 Å². The third kappa shape index (κ3) is 6.46. The van der Waals surface area contributed by atoms with Gasteiger partial charge in [0.2, 0.25) is 0 Å². The zero-order chi connectivity index (χ0) is 18.8. The van der Waals surface area contributed by atoms with Crippen molar-refractivity contribution in [3.63, 3.8) is 0 Å². The summed E-state index contributed by atoms with van der Waals surface area (Å²) in [5, 5.41) is 4.61. The molecule has 3 amide bonds. The number of unbranched alkanes of at least 4 members (excludes halogenated alkanes) is 1. The second-order valence-electron chi connectivity index (χ2n) is 5.50. The van der Waals surface area contributed by atoms with E-state index < -0.39 is 24.5 Å². The third-order valence-corrected chi connectivity index (χ3v) is 3.39. The number of esters is 1. The van der Waals surface area contributed by atoms with Gasteiger partial charge in [0.15, 0.2) is 18.1 Å². The molecule has 0 aromatic heterocycles. The maximum absolute atomic E-state index is 11.7. The molecule has 0 saturated heterocycles. The van der Waals surface area contributed by atoms with E-state index in [9.17, 15) is 14.4 Å². The molecule has 2 N–H and O–H groups in total. The van der Waals surface area contributed by atoms with Gasteiger partial charge in [-0.2, -0.15) is 0 Å². The highest BCUT2D eigenvalue weighted by Crippen LogP contribution is 2.31. The molecule has 0 spiro atoms. The van der Waals surface area contributed by atoms with E-state index in [-0.39, 0.29) is 0 Å². The molecule has 8 nitrogen and oxygen atoms in total. The quantitative estimate of drug-likeness (QED) is 0.434. The van der Waals surface area contributed by atoms with Gasteiger partial charge in [0, 0.05) is 12.6 Å². The van der Waals surface area contributed by atoms with E-state index in [0.717, 1.165) is 18.4 Å². The average Bonchev–Trinajstić information content (AvgIpc) is 2.64. The standard InChI is InChI=1S/C18H22N2O6/c1-2-3-8-19-18(23)20-16(21)12-26-17(22)7-5-13-4-6-14-15(11-13)25-10-9-24-14/h4-7,11H,2-3,8-10,12H2,1H3,(H2,19,20,21,23)/b7-5+. The molecule has 1 aliphatic heterocycles. The Balaban J connectivity index is 1.73. The Kier molecular flexibility index (Phi) is 7.48. The van der Waals surface area contributed by atoms with Crippen LogP contribution in [-0.2, 0) is 14.3 Å². The van der Waals surface area contributed by atoms with E-state index in [1.54, 1.807) is 18.2 Å². The fourth-order valence-corrected chi connectivity index (χ4v) is 2.10. The summed E-state index contributed by atoms with van der Waals surface area (Å²) in [6.45, 7) is 2.92. The van der Waals surface area contributed by atoms with Gasteiger partial charge in [-0.25, -0.2) is 9.59 Å². The number of hydrogen-bond donors (Lipinski definition) is 2. The topological polar surface area (TPSA) is 103 Å². The highest BCUT2D eigenvalue weighted by molar-refractivity contribution is 5.96. The number of ether oxygens (including phenoxy) is 3. The summed E-state index contributed by atoms with van der Waals surface area (Å²) in [6.07, 6.45) is 4.48. The summed E-state index contributed by atoms with van der Waals surface area (Å²) in [5.41, 5.74) is 0.728. The SMILES string of the molecule is CCCCNC(=O)NC(=O)COC(=O)/C=C/c1ccc2c(c1)OCCO2. The van der Waals surface area contributed by atoms with Crippen molar-refractivity contribution in [3.05, 3.63) is 29.8 Å². The van der Waals surface area contributed by atoms with Crippen LogP contribution in [0, 0.1) is 0 Å². The number of urea groups is 1. The van der Waals surface area contributed by atoms with Crippen molar-refractivity contribution in [3.8, 4) is 11.5 Å². The molecule has 1 aromatic rings. The van der Waals surface area contributed by atoms with Crippen LogP contribution in [0.1, 0.15) is 25.3 Å². The number of nitrogens with one attached hydrogen (secondary N) is 2. The Labute approximate surface area is 151 Å². The van der Waals surface area contributed by atoms with Crippen LogP contribution < -0.4 is 20.1 Å². The van der Waals surface area contributed by atoms with Gasteiger partial charge in [0.1, 0.15) is 13.2 Å². The highest BCUT2D eigenvalue weighted by Gasteiger charge is 2.11. The van der Waals surface area contributed by atoms with Gasteiger partial charge in [0.05, 0.1) is 0 Å². The second kappa shape index (κ2) is 10.1. The maximum Gasteiger partial charge on any atom is 0.331 e. The molecular formula is C18H22N2O6. The molecule has 0 radical (unpaired) electrons. The summed E-state index contributed by atoms with van der Waals surface area (Å²) in [4.78, 5) is 34.6. The number of benzene rings is 1. The predicted octanol–water partition coefficient (Wildman–Crippen LogP) is 1.64. The minimum atomic E-state index is -0.694. The molecular weight excluding hydrogens is 340 g/mol. The minimum absolute atomic E-state index is 0.476. The number of rotatable bonds is 7. The largest absolute Gasteiger partial charge is 0.486 e. The smallest absolute Gasteiger partial charge is 0.331 e. The molecule has 26 heavy (non-hydrogen) atoms. The Hall–Kier alpha value is -3.03. The molecule has 0 saturated carbocycles. The average molecular weight is 362 g/mol. The summed E-state index contributed by atoms with van der Waals surface area (Å²) >= 11 is 0. The summed E-state index contributed by atoms with van der Waals surface area (Å²) in [6, 6.07) is 4.66. The first kappa shape index (κ1) is 19.3. The molecule has 0 unspecified atom stereocenters. The van der Waals surface area contributed by atoms with Gasteiger partial charge in [-0.05, 0) is 30.2 Å². The monoisotopic (exact) mass is 362 g/mol. The molecule has 0 bridgehead atoms. The molecule has 1 aromatic carbocycles. The molecule has 0 fully saturated rings. The first-order valence-corrected chi connectivity index (χ1v) is 8.40. The van der Waals surface area contributed by atoms with Crippen molar-refractivity contribution in [1.29, 1.82) is 0 Å². The zero-order valence-corrected chi connectivity index (χ0v) is 14.6. The Bertz CT molecular complexity index is 686. The van der Waals surface area contributed by atoms with Crippen LogP contribution in [0.2, 0.25) is 0 Å². The second-order valence-corrected chi connectivity index (χ2v) is 5.50. The van der Waals surface area contributed by atoms with Crippen molar-refractivity contribution in [2.75, 3.05) is 26.4 Å². The van der Waals surface area contributed by atoms with E-state index in [0.29, 0.717) is 31.3 Å². The molecule has 0 aliphatic carbocycles. The van der Waals surface area contributed by atoms with Crippen molar-refractivity contribution in [2.45, 2.75) is 19.8 Å². The third-order valence-electron chi connectivity index (χ3n) is 3.39. The first-order chi connectivity index (χ1) is 12.6. The van der Waals surface area contributed by atoms with Gasteiger partial charge >= 0.3 is 12.0 Å². The van der Waals surface area contributed by atoms with E-state index in [1.807, 2.05) is 6.92 Å². The van der Waals surface area contributed by atoms with Crippen LogP contribution in [0.3, 0.4) is 0 Å². The highest BCUT2D eigenvalue weighted by atomic mass is 16.6. The molecule has 1 heterocycles. The molecule has 1 aliphatic rings. The van der Waals surface area contributed by atoms with E-state index >= 15 is 0 Å². The normalized spacial score (nSPS) is 12.5. The van der Waals surface area contributed by atoms with Crippen LogP contribution in [0.15, 0.2) is 24.3 Å². The number of carbonyl (C=O) groups excluding carboxylic acids is 3. The molecule has 140 valence electrons. The lowest BCUT2D eigenvalue weighted by Crippen LogP contribution is -2.41. The molecule has 0 atom stereocenters. The Morgan fingerprint density at radius 1 is 1.19 bits per heavy atom. The Morgan fingerprint density at radius 2 is 1.96 bits per heavy atom. The minimum Gasteiger partial charge on any atom is -0.486 e. The van der Waals surface area contributed by atoms with Gasteiger partial charge < -0.3 is 19.5 Å². The fourth-order valence-electron chi connectivity index (χ4n) is 2.10. The number of carbonyl (C=O) groups is 3. The first-order valence-electron chi connectivity index (χ1n) is 8.40. The number of amides is 3. The van der Waals surface area contributed by atoms with Crippen molar-refractivity contribution in [1.82, 2.24) is 10.6 Å². The summed E-state index contributed by atoms with van der Waals surface area (Å²) in [5.74, 6) is -0.119. The van der Waals surface area contributed by atoms with Crippen LogP contribution in [0.25, 0.3) is 6.08 Å². The Morgan fingerprint density at radius 3 is 2.73 bits per heavy atom. The summed E-state index contributed by atoms with van der Waals surface area (Å²) in [7, 11) is 0. The predicted molar refractivity (Wildman–Crippen MR) is 93.9 cm³/mol. The van der Waals surface area contributed by atoms with Gasteiger partial charge in [-0.15, -0.1) is 0 Å². The van der Waals surface area contributed by atoms with Gasteiger partial charge in [-0.1, -0.05) is 19.4 Å². The van der Waals surface area contributed by atoms with Crippen LogP contribution in [-0.4, -0.2) is 44.3 Å². The molecule has 8 heteroatoms. The van der Waals surface area contributed by atoms with Gasteiger partial charge in [-0.3, -0.25) is 10.1 Å². The number of fused-ring (bicyclic) bond motifs is 1. The fraction of sp³-hybridized carbons (Fsp3) is 0.389. The van der Waals surface area contributed by atoms with E-state index in [1.165, 1.54) is 12.2 Å².